The molecule has 1 amide bonds. The van der Waals surface area contributed by atoms with Crippen LogP contribution in [0.25, 0.3) is 0 Å². The number of pyridine rings is 2. The standard InChI is InChI=1S/C21H21ClF2N6O4S/c1-2-35(34)15-6-5-8-25-14(15)10-26-18(31)12-29-17(22)11-27-19(20(29)32)28-13-21(23,24)16-7-3-4-9-30(16)33/h3-9,11H,2,10,12-13H2,1H3,(H,26,31)(H,27,28). The molecule has 3 rings (SSSR count). The first kappa shape index (κ1) is 26.2. The number of hydrogen-bond donors (Lipinski definition) is 2. The zero-order chi connectivity index (χ0) is 25.6. The van der Waals surface area contributed by atoms with Crippen molar-refractivity contribution >= 4 is 34.1 Å². The zero-order valence-electron chi connectivity index (χ0n) is 18.4. The molecule has 0 aliphatic carbocycles. The number of carbonyl (C=O) groups excluding carboxylic acids is 1. The fourth-order valence-corrected chi connectivity index (χ4v) is 4.15. The molecule has 3 aromatic rings. The van der Waals surface area contributed by atoms with Crippen molar-refractivity contribution in [3.8, 4) is 0 Å². The monoisotopic (exact) mass is 526 g/mol. The fraction of sp³-hybridized carbons (Fsp3) is 0.286. The molecule has 0 aromatic carbocycles. The van der Waals surface area contributed by atoms with E-state index in [0.717, 1.165) is 23.0 Å². The molecule has 3 heterocycles. The predicted octanol–water partition coefficient (Wildman–Crippen LogP) is 1.57. The van der Waals surface area contributed by atoms with Gasteiger partial charge in [0.05, 0.1) is 40.7 Å². The van der Waals surface area contributed by atoms with E-state index in [1.54, 1.807) is 19.1 Å². The van der Waals surface area contributed by atoms with Gasteiger partial charge < -0.3 is 15.8 Å². The molecule has 35 heavy (non-hydrogen) atoms. The topological polar surface area (TPSA) is 133 Å². The summed E-state index contributed by atoms with van der Waals surface area (Å²) in [5.41, 5.74) is -1.30. The van der Waals surface area contributed by atoms with Gasteiger partial charge in [0.15, 0.2) is 12.0 Å². The second-order valence-corrected chi connectivity index (χ2v) is 9.25. The summed E-state index contributed by atoms with van der Waals surface area (Å²) < 4.78 is 42.0. The highest BCUT2D eigenvalue weighted by atomic mass is 35.5. The minimum Gasteiger partial charge on any atom is -0.618 e. The first-order chi connectivity index (χ1) is 16.6. The minimum atomic E-state index is -3.61. The molecule has 0 spiro atoms. The van der Waals surface area contributed by atoms with Crippen LogP contribution >= 0.6 is 11.6 Å². The van der Waals surface area contributed by atoms with Gasteiger partial charge in [-0.1, -0.05) is 18.5 Å². The molecule has 0 aliphatic rings. The second-order valence-electron chi connectivity index (χ2n) is 7.15. The normalized spacial score (nSPS) is 12.2. The largest absolute Gasteiger partial charge is 0.618 e. The van der Waals surface area contributed by atoms with Gasteiger partial charge in [-0.05, 0) is 18.2 Å². The number of nitrogens with zero attached hydrogens (tertiary/aromatic N) is 4. The molecule has 0 fully saturated rings. The van der Waals surface area contributed by atoms with Gasteiger partial charge in [0, 0.05) is 24.1 Å². The lowest BCUT2D eigenvalue weighted by atomic mass is 10.2. The molecule has 0 saturated carbocycles. The third-order valence-electron chi connectivity index (χ3n) is 4.79. The third-order valence-corrected chi connectivity index (χ3v) is 6.48. The molecule has 0 saturated heterocycles. The van der Waals surface area contributed by atoms with Gasteiger partial charge in [-0.25, -0.2) is 4.98 Å². The lowest BCUT2D eigenvalue weighted by Gasteiger charge is -2.17. The van der Waals surface area contributed by atoms with Crippen molar-refractivity contribution in [1.82, 2.24) is 19.9 Å². The van der Waals surface area contributed by atoms with Crippen LogP contribution in [0.15, 0.2) is 58.6 Å². The van der Waals surface area contributed by atoms with Crippen LogP contribution in [0.5, 0.6) is 0 Å². The lowest BCUT2D eigenvalue weighted by molar-refractivity contribution is -0.624. The highest BCUT2D eigenvalue weighted by Gasteiger charge is 2.39. The summed E-state index contributed by atoms with van der Waals surface area (Å²) in [7, 11) is -1.28. The Morgan fingerprint density at radius 1 is 1.29 bits per heavy atom. The van der Waals surface area contributed by atoms with Crippen LogP contribution in [0.3, 0.4) is 0 Å². The third kappa shape index (κ3) is 6.36. The summed E-state index contributed by atoms with van der Waals surface area (Å²) in [5, 5.41) is 16.3. The van der Waals surface area contributed by atoms with E-state index in [4.69, 9.17) is 11.6 Å². The van der Waals surface area contributed by atoms with Crippen LogP contribution < -0.4 is 20.9 Å². The van der Waals surface area contributed by atoms with E-state index < -0.39 is 52.8 Å². The van der Waals surface area contributed by atoms with Gasteiger partial charge >= 0.3 is 5.92 Å². The maximum atomic E-state index is 14.5. The van der Waals surface area contributed by atoms with Crippen molar-refractivity contribution < 1.29 is 22.5 Å². The number of halogens is 3. The average molecular weight is 527 g/mol. The zero-order valence-corrected chi connectivity index (χ0v) is 20.0. The number of nitrogens with one attached hydrogen (secondary N) is 2. The van der Waals surface area contributed by atoms with Gasteiger partial charge in [0.25, 0.3) is 11.3 Å². The Kier molecular flexibility index (Phi) is 8.46. The van der Waals surface area contributed by atoms with E-state index in [1.165, 1.54) is 18.3 Å². The summed E-state index contributed by atoms with van der Waals surface area (Å²) in [4.78, 5) is 33.5. The van der Waals surface area contributed by atoms with E-state index >= 15 is 0 Å². The van der Waals surface area contributed by atoms with Crippen molar-refractivity contribution in [3.05, 3.63) is 81.0 Å². The highest BCUT2D eigenvalue weighted by molar-refractivity contribution is 7.85. The molecular formula is C21H21ClF2N6O4S. The quantitative estimate of drug-likeness (QED) is 0.302. The van der Waals surface area contributed by atoms with Crippen molar-refractivity contribution in [1.29, 1.82) is 0 Å². The van der Waals surface area contributed by atoms with Crippen LogP contribution in [-0.4, -0.2) is 36.9 Å². The molecule has 3 aromatic heterocycles. The van der Waals surface area contributed by atoms with Crippen LogP contribution in [0.2, 0.25) is 5.15 Å². The number of anilines is 1. The van der Waals surface area contributed by atoms with Crippen LogP contribution in [0.1, 0.15) is 18.3 Å². The maximum Gasteiger partial charge on any atom is 0.347 e. The number of aromatic nitrogens is 4. The number of rotatable bonds is 10. The molecule has 2 N–H and O–H groups in total. The molecule has 186 valence electrons. The van der Waals surface area contributed by atoms with Gasteiger partial charge in [-0.15, -0.1) is 0 Å². The summed E-state index contributed by atoms with van der Waals surface area (Å²) in [6, 6.07) is 6.85. The van der Waals surface area contributed by atoms with Crippen LogP contribution in [0, 0.1) is 5.21 Å². The van der Waals surface area contributed by atoms with Gasteiger partial charge in [0.2, 0.25) is 5.91 Å². The number of alkyl halides is 2. The Morgan fingerprint density at radius 3 is 2.77 bits per heavy atom. The van der Waals surface area contributed by atoms with E-state index in [9.17, 15) is 27.8 Å². The Morgan fingerprint density at radius 2 is 2.06 bits per heavy atom. The van der Waals surface area contributed by atoms with Crippen molar-refractivity contribution in [2.75, 3.05) is 17.6 Å². The summed E-state index contributed by atoms with van der Waals surface area (Å²) in [6.07, 6.45) is 3.47. The molecule has 10 nitrogen and oxygen atoms in total. The predicted molar refractivity (Wildman–Crippen MR) is 124 cm³/mol. The SMILES string of the molecule is CCS(=O)c1cccnc1CNC(=O)Cn1c(Cl)cnc(NCC(F)(F)c2cccc[n+]2[O-])c1=O. The van der Waals surface area contributed by atoms with Crippen LogP contribution in [-0.2, 0) is 34.6 Å². The summed E-state index contributed by atoms with van der Waals surface area (Å²) in [6.45, 7) is 0.0980. The Labute approximate surface area is 206 Å². The van der Waals surface area contributed by atoms with Crippen LogP contribution in [0.4, 0.5) is 14.6 Å². The van der Waals surface area contributed by atoms with E-state index in [1.807, 2.05) is 0 Å². The smallest absolute Gasteiger partial charge is 0.347 e. The summed E-state index contributed by atoms with van der Waals surface area (Å²) >= 11 is 6.00. The molecule has 0 aliphatic heterocycles. The lowest BCUT2D eigenvalue weighted by Crippen LogP contribution is -2.41. The maximum absolute atomic E-state index is 14.5. The number of carbonyl (C=O) groups is 1. The summed E-state index contributed by atoms with van der Waals surface area (Å²) in [5.74, 6) is -4.33. The molecule has 1 unspecified atom stereocenters. The van der Waals surface area contributed by atoms with Gasteiger partial charge in [0.1, 0.15) is 11.7 Å². The second kappa shape index (κ2) is 11.3. The van der Waals surface area contributed by atoms with E-state index in [0.29, 0.717) is 16.3 Å². The molecule has 14 heteroatoms. The average Bonchev–Trinajstić information content (AvgIpc) is 2.84. The number of amides is 1. The van der Waals surface area contributed by atoms with Gasteiger partial charge in [-0.3, -0.25) is 23.3 Å². The Balaban J connectivity index is 1.70. The Bertz CT molecular complexity index is 1310. The first-order valence-corrected chi connectivity index (χ1v) is 12.0. The minimum absolute atomic E-state index is 0.0304. The fourth-order valence-electron chi connectivity index (χ4n) is 3.03. The van der Waals surface area contributed by atoms with E-state index in [2.05, 4.69) is 20.6 Å². The molecule has 1 atom stereocenters. The van der Waals surface area contributed by atoms with Crippen molar-refractivity contribution in [2.45, 2.75) is 30.8 Å². The molecule has 0 radical (unpaired) electrons. The number of hydrogen-bond acceptors (Lipinski definition) is 7. The highest BCUT2D eigenvalue weighted by Crippen LogP contribution is 2.25. The molecule has 0 bridgehead atoms. The van der Waals surface area contributed by atoms with Crippen molar-refractivity contribution in [2.24, 2.45) is 0 Å². The first-order valence-electron chi connectivity index (χ1n) is 10.3. The Hall–Kier alpha value is -3.45. The molecular weight excluding hydrogens is 506 g/mol. The van der Waals surface area contributed by atoms with Gasteiger partial charge in [-0.2, -0.15) is 13.5 Å². The van der Waals surface area contributed by atoms with Crippen molar-refractivity contribution in [3.63, 3.8) is 0 Å². The van der Waals surface area contributed by atoms with E-state index in [-0.39, 0.29) is 16.4 Å².